The SMILES string of the molecule is CC(=O)CCN1CC(c2cccs2)NC1=O. The van der Waals surface area contributed by atoms with Gasteiger partial charge in [-0.05, 0) is 18.4 Å². The van der Waals surface area contributed by atoms with Gasteiger partial charge in [-0.2, -0.15) is 0 Å². The first kappa shape index (κ1) is 11.1. The minimum Gasteiger partial charge on any atom is -0.329 e. The summed E-state index contributed by atoms with van der Waals surface area (Å²) in [5.74, 6) is 0.118. The maximum atomic E-state index is 11.6. The van der Waals surface area contributed by atoms with Crippen molar-refractivity contribution < 1.29 is 9.59 Å². The molecule has 0 radical (unpaired) electrons. The fourth-order valence-electron chi connectivity index (χ4n) is 1.73. The predicted octanol–water partition coefficient (Wildman–Crippen LogP) is 1.79. The zero-order valence-corrected chi connectivity index (χ0v) is 9.92. The van der Waals surface area contributed by atoms with Gasteiger partial charge in [0.05, 0.1) is 6.04 Å². The van der Waals surface area contributed by atoms with E-state index in [0.29, 0.717) is 19.5 Å². The fraction of sp³-hybridized carbons (Fsp3) is 0.455. The molecule has 1 aliphatic rings. The van der Waals surface area contributed by atoms with Gasteiger partial charge in [0.15, 0.2) is 0 Å². The molecule has 2 heterocycles. The monoisotopic (exact) mass is 238 g/mol. The molecule has 4 nitrogen and oxygen atoms in total. The van der Waals surface area contributed by atoms with Crippen LogP contribution in [-0.2, 0) is 4.79 Å². The number of carbonyl (C=O) groups excluding carboxylic acids is 2. The number of carbonyl (C=O) groups is 2. The summed E-state index contributed by atoms with van der Waals surface area (Å²) in [7, 11) is 0. The molecule has 5 heteroatoms. The van der Waals surface area contributed by atoms with E-state index in [1.165, 1.54) is 4.88 Å². The minimum atomic E-state index is -0.0698. The number of hydrogen-bond acceptors (Lipinski definition) is 3. The molecule has 0 spiro atoms. The van der Waals surface area contributed by atoms with Crippen molar-refractivity contribution in [3.63, 3.8) is 0 Å². The molecule has 0 bridgehead atoms. The first-order chi connectivity index (χ1) is 7.66. The number of ketones is 1. The highest BCUT2D eigenvalue weighted by Crippen LogP contribution is 2.24. The summed E-state index contributed by atoms with van der Waals surface area (Å²) in [5, 5.41) is 4.92. The van der Waals surface area contributed by atoms with Crippen LogP contribution in [-0.4, -0.2) is 29.8 Å². The summed E-state index contributed by atoms with van der Waals surface area (Å²) in [6, 6.07) is 4.01. The second kappa shape index (κ2) is 4.65. The van der Waals surface area contributed by atoms with E-state index in [4.69, 9.17) is 0 Å². The number of nitrogens with zero attached hydrogens (tertiary/aromatic N) is 1. The minimum absolute atomic E-state index is 0.0698. The molecule has 1 aromatic heterocycles. The molecule has 16 heavy (non-hydrogen) atoms. The number of hydrogen-bond donors (Lipinski definition) is 1. The number of Topliss-reactive ketones (excluding diaryl/α,β-unsaturated/α-hetero) is 1. The average Bonchev–Trinajstić information content (AvgIpc) is 2.83. The lowest BCUT2D eigenvalue weighted by Crippen LogP contribution is -2.29. The third kappa shape index (κ3) is 2.41. The van der Waals surface area contributed by atoms with Crippen molar-refractivity contribution in [3.05, 3.63) is 22.4 Å². The van der Waals surface area contributed by atoms with E-state index in [1.54, 1.807) is 23.2 Å². The molecule has 1 N–H and O–H groups in total. The van der Waals surface area contributed by atoms with E-state index >= 15 is 0 Å². The highest BCUT2D eigenvalue weighted by atomic mass is 32.1. The van der Waals surface area contributed by atoms with Gasteiger partial charge >= 0.3 is 6.03 Å². The van der Waals surface area contributed by atoms with Crippen LogP contribution in [0.3, 0.4) is 0 Å². The molecule has 1 aliphatic heterocycles. The molecule has 0 aromatic carbocycles. The number of urea groups is 1. The molecule has 1 aromatic rings. The van der Waals surface area contributed by atoms with Crippen LogP contribution in [0.15, 0.2) is 17.5 Å². The van der Waals surface area contributed by atoms with Crippen molar-refractivity contribution in [1.29, 1.82) is 0 Å². The number of thiophene rings is 1. The Morgan fingerprint density at radius 1 is 1.69 bits per heavy atom. The fourth-order valence-corrected chi connectivity index (χ4v) is 2.49. The largest absolute Gasteiger partial charge is 0.329 e. The second-order valence-electron chi connectivity index (χ2n) is 3.92. The molecular formula is C11H14N2O2S. The van der Waals surface area contributed by atoms with Crippen LogP contribution in [0.25, 0.3) is 0 Å². The van der Waals surface area contributed by atoms with Gasteiger partial charge in [0.25, 0.3) is 0 Å². The third-order valence-corrected chi connectivity index (χ3v) is 3.59. The van der Waals surface area contributed by atoms with Crippen molar-refractivity contribution in [2.24, 2.45) is 0 Å². The van der Waals surface area contributed by atoms with Crippen molar-refractivity contribution in [2.75, 3.05) is 13.1 Å². The molecule has 86 valence electrons. The Morgan fingerprint density at radius 3 is 3.12 bits per heavy atom. The first-order valence-corrected chi connectivity index (χ1v) is 6.13. The van der Waals surface area contributed by atoms with Gasteiger partial charge in [-0.25, -0.2) is 4.79 Å². The average molecular weight is 238 g/mol. The standard InChI is InChI=1S/C11H14N2O2S/c1-8(14)4-5-13-7-9(12-11(13)15)10-3-2-6-16-10/h2-3,6,9H,4-5,7H2,1H3,(H,12,15). The van der Waals surface area contributed by atoms with Crippen LogP contribution < -0.4 is 5.32 Å². The molecule has 1 fully saturated rings. The lowest BCUT2D eigenvalue weighted by molar-refractivity contribution is -0.117. The molecule has 2 amide bonds. The van der Waals surface area contributed by atoms with E-state index in [2.05, 4.69) is 5.32 Å². The van der Waals surface area contributed by atoms with Crippen molar-refractivity contribution in [2.45, 2.75) is 19.4 Å². The number of amides is 2. The van der Waals surface area contributed by atoms with Crippen LogP contribution in [0.2, 0.25) is 0 Å². The summed E-state index contributed by atoms with van der Waals surface area (Å²) in [4.78, 5) is 25.3. The summed E-state index contributed by atoms with van der Waals surface area (Å²) in [6.07, 6.45) is 0.435. The van der Waals surface area contributed by atoms with Crippen LogP contribution >= 0.6 is 11.3 Å². The number of nitrogens with one attached hydrogen (secondary N) is 1. The van der Waals surface area contributed by atoms with E-state index in [0.717, 1.165) is 0 Å². The first-order valence-electron chi connectivity index (χ1n) is 5.25. The predicted molar refractivity (Wildman–Crippen MR) is 62.5 cm³/mol. The van der Waals surface area contributed by atoms with Crippen LogP contribution in [0.1, 0.15) is 24.3 Å². The third-order valence-electron chi connectivity index (χ3n) is 2.61. The highest BCUT2D eigenvalue weighted by Gasteiger charge is 2.29. The van der Waals surface area contributed by atoms with Gasteiger partial charge in [0, 0.05) is 24.4 Å². The molecule has 2 rings (SSSR count). The Balaban J connectivity index is 1.94. The second-order valence-corrected chi connectivity index (χ2v) is 4.89. The quantitative estimate of drug-likeness (QED) is 0.869. The van der Waals surface area contributed by atoms with Crippen molar-refractivity contribution in [1.82, 2.24) is 10.2 Å². The summed E-state index contributed by atoms with van der Waals surface area (Å²) < 4.78 is 0. The molecule has 1 unspecified atom stereocenters. The van der Waals surface area contributed by atoms with Gasteiger partial charge in [-0.1, -0.05) is 6.07 Å². The smallest absolute Gasteiger partial charge is 0.318 e. The van der Waals surface area contributed by atoms with Crippen molar-refractivity contribution in [3.8, 4) is 0 Å². The zero-order valence-electron chi connectivity index (χ0n) is 9.10. The molecular weight excluding hydrogens is 224 g/mol. The van der Waals surface area contributed by atoms with E-state index in [1.807, 2.05) is 17.5 Å². The molecule has 0 aliphatic carbocycles. The Morgan fingerprint density at radius 2 is 2.50 bits per heavy atom. The lowest BCUT2D eigenvalue weighted by atomic mass is 10.2. The molecule has 1 atom stereocenters. The maximum Gasteiger partial charge on any atom is 0.318 e. The number of rotatable bonds is 4. The summed E-state index contributed by atoms with van der Waals surface area (Å²) in [5.41, 5.74) is 0. The topological polar surface area (TPSA) is 49.4 Å². The van der Waals surface area contributed by atoms with Crippen LogP contribution in [0.4, 0.5) is 4.79 Å². The van der Waals surface area contributed by atoms with Crippen LogP contribution in [0.5, 0.6) is 0 Å². The van der Waals surface area contributed by atoms with Crippen molar-refractivity contribution >= 4 is 23.2 Å². The Hall–Kier alpha value is -1.36. The lowest BCUT2D eigenvalue weighted by Gasteiger charge is -2.12. The van der Waals surface area contributed by atoms with E-state index in [-0.39, 0.29) is 17.9 Å². The normalized spacial score (nSPS) is 19.9. The van der Waals surface area contributed by atoms with E-state index in [9.17, 15) is 9.59 Å². The Kier molecular flexibility index (Phi) is 3.24. The van der Waals surface area contributed by atoms with Gasteiger partial charge in [0.1, 0.15) is 5.78 Å². The van der Waals surface area contributed by atoms with Gasteiger partial charge < -0.3 is 10.2 Å². The molecule has 0 saturated carbocycles. The van der Waals surface area contributed by atoms with Gasteiger partial charge in [-0.15, -0.1) is 11.3 Å². The van der Waals surface area contributed by atoms with Gasteiger partial charge in [0.2, 0.25) is 0 Å². The Bertz CT molecular complexity index is 389. The zero-order chi connectivity index (χ0) is 11.5. The summed E-state index contributed by atoms with van der Waals surface area (Å²) >= 11 is 1.64. The molecule has 1 saturated heterocycles. The summed E-state index contributed by atoms with van der Waals surface area (Å²) in [6.45, 7) is 2.72. The van der Waals surface area contributed by atoms with Crippen LogP contribution in [0, 0.1) is 0 Å². The maximum absolute atomic E-state index is 11.6. The van der Waals surface area contributed by atoms with Gasteiger partial charge in [-0.3, -0.25) is 4.79 Å². The highest BCUT2D eigenvalue weighted by molar-refractivity contribution is 7.10. The van der Waals surface area contributed by atoms with E-state index < -0.39 is 0 Å². The Labute approximate surface area is 98.3 Å².